The van der Waals surface area contributed by atoms with E-state index in [1.165, 1.54) is 12.5 Å². The zero-order valence-corrected chi connectivity index (χ0v) is 24.4. The van der Waals surface area contributed by atoms with Gasteiger partial charge in [-0.3, -0.25) is 14.5 Å². The fourth-order valence-electron chi connectivity index (χ4n) is 4.84. The van der Waals surface area contributed by atoms with Crippen LogP contribution >= 0.6 is 11.6 Å². The first-order valence-corrected chi connectivity index (χ1v) is 15.3. The second kappa shape index (κ2) is 11.4. The number of nitrogens with one attached hydrogen (secondary N) is 1. The normalized spacial score (nSPS) is 20.7. The van der Waals surface area contributed by atoms with E-state index in [4.69, 9.17) is 11.6 Å². The number of carbonyl (C=O) groups is 1. The third kappa shape index (κ3) is 6.94. The molecular weight excluding hydrogens is 557 g/mol. The first-order valence-electron chi connectivity index (χ1n) is 12.9. The number of hydrogen-bond acceptors (Lipinski definition) is 6. The molecule has 13 heteroatoms. The van der Waals surface area contributed by atoms with Crippen molar-refractivity contribution in [3.8, 4) is 11.3 Å². The molecule has 0 spiro atoms. The van der Waals surface area contributed by atoms with Gasteiger partial charge >= 0.3 is 6.18 Å². The molecule has 2 N–H and O–H groups in total. The Labute approximate surface area is 232 Å². The fourth-order valence-corrected chi connectivity index (χ4v) is 6.25. The van der Waals surface area contributed by atoms with Crippen molar-refractivity contribution in [3.05, 3.63) is 34.2 Å². The number of amides is 1. The summed E-state index contributed by atoms with van der Waals surface area (Å²) in [5.74, 6) is -0.596. The van der Waals surface area contributed by atoms with Gasteiger partial charge in [-0.2, -0.15) is 18.3 Å². The minimum Gasteiger partial charge on any atom is -0.388 e. The molecule has 0 saturated heterocycles. The van der Waals surface area contributed by atoms with E-state index in [1.807, 2.05) is 13.8 Å². The molecule has 3 rings (SSSR count). The fraction of sp³-hybridized carbons (Fsp3) is 0.654. The van der Waals surface area contributed by atoms with Crippen LogP contribution in [-0.4, -0.2) is 64.0 Å². The lowest BCUT2D eigenvalue weighted by Crippen LogP contribution is -2.47. The third-order valence-electron chi connectivity index (χ3n) is 7.53. The van der Waals surface area contributed by atoms with Gasteiger partial charge in [0.05, 0.1) is 27.0 Å². The molecule has 1 aliphatic carbocycles. The molecule has 0 radical (unpaired) electrons. The molecule has 0 unspecified atom stereocenters. The Morgan fingerprint density at radius 2 is 1.87 bits per heavy atom. The summed E-state index contributed by atoms with van der Waals surface area (Å²) in [5, 5.41) is 17.5. The van der Waals surface area contributed by atoms with E-state index < -0.39 is 38.2 Å². The van der Waals surface area contributed by atoms with E-state index in [9.17, 15) is 31.5 Å². The molecule has 2 aromatic rings. The van der Waals surface area contributed by atoms with Gasteiger partial charge in [-0.25, -0.2) is 8.42 Å². The number of alkyl halides is 3. The van der Waals surface area contributed by atoms with Crippen LogP contribution in [0.15, 0.2) is 12.3 Å². The Balaban J connectivity index is 1.83. The van der Waals surface area contributed by atoms with Crippen LogP contribution in [0.2, 0.25) is 5.02 Å². The number of hydrogen-bond donors (Lipinski definition) is 2. The van der Waals surface area contributed by atoms with Crippen LogP contribution in [0, 0.1) is 5.41 Å². The molecular formula is C26H36ClF3N4O4S. The van der Waals surface area contributed by atoms with Crippen molar-refractivity contribution in [3.63, 3.8) is 0 Å². The number of carbonyl (C=O) groups excluding carboxylic acids is 1. The van der Waals surface area contributed by atoms with Gasteiger partial charge in [-0.05, 0) is 50.7 Å². The second-order valence-electron chi connectivity index (χ2n) is 11.0. The molecule has 2 heterocycles. The molecule has 218 valence electrons. The van der Waals surface area contributed by atoms with Crippen molar-refractivity contribution in [2.45, 2.75) is 89.8 Å². The van der Waals surface area contributed by atoms with E-state index in [0.29, 0.717) is 42.8 Å². The Morgan fingerprint density at radius 3 is 2.38 bits per heavy atom. The molecule has 1 fully saturated rings. The van der Waals surface area contributed by atoms with E-state index in [1.54, 1.807) is 10.7 Å². The molecule has 0 atom stereocenters. The monoisotopic (exact) mass is 592 g/mol. The summed E-state index contributed by atoms with van der Waals surface area (Å²) in [4.78, 5) is 17.3. The van der Waals surface area contributed by atoms with E-state index in [0.717, 1.165) is 19.4 Å². The largest absolute Gasteiger partial charge is 0.394 e. The number of aliphatic hydroxyl groups is 1. The third-order valence-corrected chi connectivity index (χ3v) is 9.57. The maximum Gasteiger partial charge on any atom is 0.394 e. The first kappa shape index (κ1) is 31.3. The lowest BCUT2D eigenvalue weighted by atomic mass is 9.84. The number of pyridine rings is 1. The van der Waals surface area contributed by atoms with Gasteiger partial charge in [0.15, 0.2) is 5.69 Å². The predicted octanol–water partition coefficient (Wildman–Crippen LogP) is 4.76. The van der Waals surface area contributed by atoms with Crippen LogP contribution in [0.5, 0.6) is 0 Å². The smallest absolute Gasteiger partial charge is 0.388 e. The lowest BCUT2D eigenvalue weighted by Gasteiger charge is -2.35. The number of aromatic nitrogens is 3. The van der Waals surface area contributed by atoms with Crippen molar-refractivity contribution >= 4 is 27.3 Å². The van der Waals surface area contributed by atoms with Gasteiger partial charge in [-0.1, -0.05) is 32.4 Å². The minimum atomic E-state index is -4.38. The van der Waals surface area contributed by atoms with Crippen LogP contribution < -0.4 is 5.32 Å². The standard InChI is InChI=1S/C26H36ClF3N4O4S/c1-6-16-12-17(13-24(3,4)26(28,29)30)31-14-19(16)22-20(27)21(33-34(22)7-2)23(35)32-15-25(36)10-8-18(9-11-25)39(5,37)38/h12,14,18,36H,6-11,13,15H2,1-5H3,(H,32,35). The highest BCUT2D eigenvalue weighted by Crippen LogP contribution is 2.41. The van der Waals surface area contributed by atoms with Crippen molar-refractivity contribution < 1.29 is 31.5 Å². The Morgan fingerprint density at radius 1 is 1.26 bits per heavy atom. The highest BCUT2D eigenvalue weighted by molar-refractivity contribution is 7.91. The van der Waals surface area contributed by atoms with Crippen LogP contribution in [0.3, 0.4) is 0 Å². The summed E-state index contributed by atoms with van der Waals surface area (Å²) >= 11 is 6.65. The highest BCUT2D eigenvalue weighted by atomic mass is 35.5. The summed E-state index contributed by atoms with van der Waals surface area (Å²) in [7, 11) is -3.20. The van der Waals surface area contributed by atoms with Crippen molar-refractivity contribution in [1.82, 2.24) is 20.1 Å². The molecule has 1 aliphatic rings. The summed E-state index contributed by atoms with van der Waals surface area (Å²) in [6, 6.07) is 1.63. The van der Waals surface area contributed by atoms with Crippen LogP contribution in [-0.2, 0) is 29.2 Å². The van der Waals surface area contributed by atoms with E-state index in [-0.39, 0.29) is 36.5 Å². The molecule has 2 aromatic heterocycles. The Bertz CT molecular complexity index is 1320. The maximum atomic E-state index is 13.4. The predicted molar refractivity (Wildman–Crippen MR) is 143 cm³/mol. The minimum absolute atomic E-state index is 0.0497. The van der Waals surface area contributed by atoms with Gasteiger partial charge in [0.25, 0.3) is 5.91 Å². The molecule has 0 bridgehead atoms. The van der Waals surface area contributed by atoms with E-state index in [2.05, 4.69) is 15.4 Å². The van der Waals surface area contributed by atoms with Crippen molar-refractivity contribution in [1.29, 1.82) is 0 Å². The summed E-state index contributed by atoms with van der Waals surface area (Å²) in [6.07, 6.45) is -0.437. The van der Waals surface area contributed by atoms with Crippen LogP contribution in [0.1, 0.15) is 75.1 Å². The van der Waals surface area contributed by atoms with Gasteiger partial charge in [0.1, 0.15) is 9.84 Å². The van der Waals surface area contributed by atoms with E-state index >= 15 is 0 Å². The second-order valence-corrected chi connectivity index (χ2v) is 13.7. The molecule has 1 saturated carbocycles. The van der Waals surface area contributed by atoms with Gasteiger partial charge in [-0.15, -0.1) is 0 Å². The number of aryl methyl sites for hydroxylation is 2. The zero-order valence-electron chi connectivity index (χ0n) is 22.8. The average Bonchev–Trinajstić information content (AvgIpc) is 3.17. The van der Waals surface area contributed by atoms with Gasteiger partial charge < -0.3 is 10.4 Å². The molecule has 39 heavy (non-hydrogen) atoms. The SMILES string of the molecule is CCc1cc(CC(C)(C)C(F)(F)F)ncc1-c1c(Cl)c(C(=O)NCC2(O)CCC(S(C)(=O)=O)CC2)nn1CC. The maximum absolute atomic E-state index is 13.4. The molecule has 0 aromatic carbocycles. The number of sulfone groups is 1. The Hall–Kier alpha value is -2.18. The van der Waals surface area contributed by atoms with Crippen molar-refractivity contribution in [2.75, 3.05) is 12.8 Å². The van der Waals surface area contributed by atoms with Crippen molar-refractivity contribution in [2.24, 2.45) is 5.41 Å². The number of rotatable bonds is 9. The molecule has 1 amide bonds. The average molecular weight is 593 g/mol. The summed E-state index contributed by atoms with van der Waals surface area (Å²) < 4.78 is 65.4. The quantitative estimate of drug-likeness (QED) is 0.434. The summed E-state index contributed by atoms with van der Waals surface area (Å²) in [6.45, 7) is 6.23. The topological polar surface area (TPSA) is 114 Å². The number of nitrogens with zero attached hydrogens (tertiary/aromatic N) is 3. The van der Waals surface area contributed by atoms with Crippen LogP contribution in [0.4, 0.5) is 13.2 Å². The zero-order chi connectivity index (χ0) is 29.4. The van der Waals surface area contributed by atoms with Gasteiger partial charge in [0, 0.05) is 43.2 Å². The Kier molecular flexibility index (Phi) is 9.13. The number of halogens is 4. The highest BCUT2D eigenvalue weighted by Gasteiger charge is 2.47. The lowest BCUT2D eigenvalue weighted by molar-refractivity contribution is -0.211. The summed E-state index contributed by atoms with van der Waals surface area (Å²) in [5.41, 5.74) is -1.21. The molecule has 0 aliphatic heterocycles. The van der Waals surface area contributed by atoms with Gasteiger partial charge in [0.2, 0.25) is 0 Å². The van der Waals surface area contributed by atoms with Crippen LogP contribution in [0.25, 0.3) is 11.3 Å². The molecule has 8 nitrogen and oxygen atoms in total. The first-order chi connectivity index (χ1) is 17.9.